The van der Waals surface area contributed by atoms with Crippen LogP contribution in [-0.4, -0.2) is 30.8 Å². The lowest BCUT2D eigenvalue weighted by atomic mass is 10.1. The summed E-state index contributed by atoms with van der Waals surface area (Å²) in [5.41, 5.74) is 2.38. The van der Waals surface area contributed by atoms with Crippen molar-refractivity contribution in [2.45, 2.75) is 25.3 Å². The third-order valence-corrected chi connectivity index (χ3v) is 3.06. The number of aliphatic hydroxyl groups is 1. The van der Waals surface area contributed by atoms with Gasteiger partial charge in [0.25, 0.3) is 0 Å². The molecule has 1 fully saturated rings. The molecule has 0 amide bonds. The third kappa shape index (κ3) is 3.22. The van der Waals surface area contributed by atoms with E-state index in [4.69, 9.17) is 5.11 Å². The first-order chi connectivity index (χ1) is 7.88. The van der Waals surface area contributed by atoms with Crippen LogP contribution < -0.4 is 10.6 Å². The average molecular weight is 220 g/mol. The number of hydrogen-bond acceptors (Lipinski definition) is 3. The molecule has 0 spiro atoms. The van der Waals surface area contributed by atoms with E-state index in [0.29, 0.717) is 6.04 Å². The molecule has 1 aromatic rings. The minimum Gasteiger partial charge on any atom is -0.396 e. The summed E-state index contributed by atoms with van der Waals surface area (Å²) in [6.07, 6.45) is 3.13. The molecule has 0 saturated carbocycles. The minimum atomic E-state index is 0.223. The summed E-state index contributed by atoms with van der Waals surface area (Å²) in [7, 11) is 0. The van der Waals surface area contributed by atoms with E-state index in [-0.39, 0.29) is 6.61 Å². The van der Waals surface area contributed by atoms with Crippen molar-refractivity contribution < 1.29 is 5.11 Å². The van der Waals surface area contributed by atoms with E-state index in [1.165, 1.54) is 24.1 Å². The van der Waals surface area contributed by atoms with E-state index < -0.39 is 0 Å². The van der Waals surface area contributed by atoms with Gasteiger partial charge in [-0.05, 0) is 50.0 Å². The van der Waals surface area contributed by atoms with Gasteiger partial charge in [0.05, 0.1) is 0 Å². The maximum atomic E-state index is 8.83. The van der Waals surface area contributed by atoms with Crippen molar-refractivity contribution in [3.63, 3.8) is 0 Å². The van der Waals surface area contributed by atoms with Crippen LogP contribution in [0.2, 0.25) is 0 Å². The van der Waals surface area contributed by atoms with Crippen molar-refractivity contribution >= 4 is 5.69 Å². The fraction of sp³-hybridized carbons (Fsp3) is 0.538. The highest BCUT2D eigenvalue weighted by atomic mass is 16.2. The maximum absolute atomic E-state index is 8.83. The summed E-state index contributed by atoms with van der Waals surface area (Å²) in [5, 5.41) is 15.7. The van der Waals surface area contributed by atoms with E-state index in [9.17, 15) is 0 Å². The molecule has 1 aliphatic rings. The van der Waals surface area contributed by atoms with E-state index in [2.05, 4.69) is 34.9 Å². The quantitative estimate of drug-likeness (QED) is 0.718. The molecule has 3 heteroatoms. The van der Waals surface area contributed by atoms with E-state index in [1.54, 1.807) is 0 Å². The average Bonchev–Trinajstić information content (AvgIpc) is 2.33. The van der Waals surface area contributed by atoms with Crippen LogP contribution in [0.4, 0.5) is 5.69 Å². The van der Waals surface area contributed by atoms with E-state index in [0.717, 1.165) is 19.5 Å². The van der Waals surface area contributed by atoms with Crippen molar-refractivity contribution in [2.75, 3.05) is 25.0 Å². The van der Waals surface area contributed by atoms with Gasteiger partial charge in [0, 0.05) is 18.3 Å². The second-order valence-corrected chi connectivity index (χ2v) is 4.34. The first-order valence-electron chi connectivity index (χ1n) is 6.05. The summed E-state index contributed by atoms with van der Waals surface area (Å²) in [5.74, 6) is 0. The Kier molecular flexibility index (Phi) is 4.19. The first-order valence-corrected chi connectivity index (χ1v) is 6.05. The molecule has 0 aliphatic carbocycles. The lowest BCUT2D eigenvalue weighted by molar-refractivity contribution is 0.299. The molecule has 0 atom stereocenters. The van der Waals surface area contributed by atoms with Crippen LogP contribution >= 0.6 is 0 Å². The van der Waals surface area contributed by atoms with Crippen LogP contribution in [0.3, 0.4) is 0 Å². The Morgan fingerprint density at radius 1 is 1.19 bits per heavy atom. The van der Waals surface area contributed by atoms with Crippen LogP contribution in [0.15, 0.2) is 24.3 Å². The molecule has 3 nitrogen and oxygen atoms in total. The van der Waals surface area contributed by atoms with Gasteiger partial charge in [-0.3, -0.25) is 0 Å². The van der Waals surface area contributed by atoms with Gasteiger partial charge in [-0.2, -0.15) is 0 Å². The van der Waals surface area contributed by atoms with Crippen molar-refractivity contribution in [3.8, 4) is 0 Å². The van der Waals surface area contributed by atoms with Gasteiger partial charge in [0.15, 0.2) is 0 Å². The molecule has 16 heavy (non-hydrogen) atoms. The van der Waals surface area contributed by atoms with Crippen LogP contribution in [-0.2, 0) is 6.42 Å². The molecule has 0 bridgehead atoms. The van der Waals surface area contributed by atoms with Crippen LogP contribution in [0.1, 0.15) is 18.4 Å². The molecule has 1 aliphatic heterocycles. The smallest absolute Gasteiger partial charge is 0.0471 e. The number of nitrogens with one attached hydrogen (secondary N) is 2. The summed E-state index contributed by atoms with van der Waals surface area (Å²) in [6, 6.07) is 8.98. The Morgan fingerprint density at radius 2 is 1.88 bits per heavy atom. The van der Waals surface area contributed by atoms with Gasteiger partial charge < -0.3 is 15.7 Å². The summed E-state index contributed by atoms with van der Waals surface area (Å²) >= 11 is 0. The molecule has 2 rings (SSSR count). The molecule has 1 aromatic carbocycles. The Bertz CT molecular complexity index is 304. The van der Waals surface area contributed by atoms with Gasteiger partial charge in [0.1, 0.15) is 0 Å². The highest BCUT2D eigenvalue weighted by Crippen LogP contribution is 2.14. The molecule has 0 unspecified atom stereocenters. The second-order valence-electron chi connectivity index (χ2n) is 4.34. The predicted molar refractivity (Wildman–Crippen MR) is 66.7 cm³/mol. The highest BCUT2D eigenvalue weighted by Gasteiger charge is 2.11. The van der Waals surface area contributed by atoms with Gasteiger partial charge in [0.2, 0.25) is 0 Å². The fourth-order valence-corrected chi connectivity index (χ4v) is 2.10. The van der Waals surface area contributed by atoms with Crippen molar-refractivity contribution in [1.82, 2.24) is 5.32 Å². The zero-order valence-corrected chi connectivity index (χ0v) is 9.58. The normalized spacial score (nSPS) is 17.3. The Morgan fingerprint density at radius 3 is 2.50 bits per heavy atom. The Hall–Kier alpha value is -1.06. The molecular weight excluding hydrogens is 200 g/mol. The van der Waals surface area contributed by atoms with Gasteiger partial charge >= 0.3 is 0 Å². The lowest BCUT2D eigenvalue weighted by Gasteiger charge is -2.24. The molecule has 88 valence electrons. The van der Waals surface area contributed by atoms with E-state index >= 15 is 0 Å². The largest absolute Gasteiger partial charge is 0.396 e. The predicted octanol–water partition coefficient (Wildman–Crippen LogP) is 1.39. The monoisotopic (exact) mass is 220 g/mol. The maximum Gasteiger partial charge on any atom is 0.0471 e. The number of hydrogen-bond donors (Lipinski definition) is 3. The SMILES string of the molecule is OCCc1ccc(NC2CCNCC2)cc1. The molecular formula is C13H20N2O. The van der Waals surface area contributed by atoms with Gasteiger partial charge in [-0.1, -0.05) is 12.1 Å². The third-order valence-electron chi connectivity index (χ3n) is 3.06. The minimum absolute atomic E-state index is 0.223. The summed E-state index contributed by atoms with van der Waals surface area (Å²) in [6.45, 7) is 2.45. The van der Waals surface area contributed by atoms with Crippen LogP contribution in [0.25, 0.3) is 0 Å². The van der Waals surface area contributed by atoms with E-state index in [1.807, 2.05) is 0 Å². The Balaban J connectivity index is 1.88. The molecule has 3 N–H and O–H groups in total. The standard InChI is InChI=1S/C13H20N2O/c16-10-7-11-1-3-12(4-2-11)15-13-5-8-14-9-6-13/h1-4,13-16H,5-10H2. The summed E-state index contributed by atoms with van der Waals surface area (Å²) < 4.78 is 0. The number of benzene rings is 1. The summed E-state index contributed by atoms with van der Waals surface area (Å²) in [4.78, 5) is 0. The lowest BCUT2D eigenvalue weighted by Crippen LogP contribution is -2.35. The first kappa shape index (κ1) is 11.4. The molecule has 1 heterocycles. The molecule has 0 aromatic heterocycles. The fourth-order valence-electron chi connectivity index (χ4n) is 2.10. The highest BCUT2D eigenvalue weighted by molar-refractivity contribution is 5.45. The van der Waals surface area contributed by atoms with Crippen LogP contribution in [0.5, 0.6) is 0 Å². The van der Waals surface area contributed by atoms with Crippen molar-refractivity contribution in [3.05, 3.63) is 29.8 Å². The van der Waals surface area contributed by atoms with Crippen molar-refractivity contribution in [1.29, 1.82) is 0 Å². The number of aliphatic hydroxyl groups excluding tert-OH is 1. The Labute approximate surface area is 96.9 Å². The van der Waals surface area contributed by atoms with Crippen LogP contribution in [0, 0.1) is 0 Å². The van der Waals surface area contributed by atoms with Crippen molar-refractivity contribution in [2.24, 2.45) is 0 Å². The second kappa shape index (κ2) is 5.87. The molecule has 0 radical (unpaired) electrons. The molecule has 1 saturated heterocycles. The van der Waals surface area contributed by atoms with Gasteiger partial charge in [-0.15, -0.1) is 0 Å². The zero-order chi connectivity index (χ0) is 11.2. The number of piperidine rings is 1. The number of anilines is 1. The topological polar surface area (TPSA) is 44.3 Å². The number of rotatable bonds is 4. The zero-order valence-electron chi connectivity index (χ0n) is 9.58. The van der Waals surface area contributed by atoms with Gasteiger partial charge in [-0.25, -0.2) is 0 Å².